The number of hydrogen-bond donors (Lipinski definition) is 1. The van der Waals surface area contributed by atoms with E-state index in [0.717, 1.165) is 29.9 Å². The van der Waals surface area contributed by atoms with Crippen LogP contribution in [0.2, 0.25) is 0 Å². The smallest absolute Gasteiger partial charge is 0.161 e. The van der Waals surface area contributed by atoms with Gasteiger partial charge in [-0.3, -0.25) is 0 Å². The molecule has 1 fully saturated rings. The van der Waals surface area contributed by atoms with Gasteiger partial charge in [0.05, 0.1) is 31.5 Å². The largest absolute Gasteiger partial charge is 0.490 e. The lowest BCUT2D eigenvalue weighted by molar-refractivity contribution is -0.108. The van der Waals surface area contributed by atoms with Crippen LogP contribution in [0.1, 0.15) is 38.2 Å². The van der Waals surface area contributed by atoms with E-state index in [2.05, 4.69) is 6.92 Å². The van der Waals surface area contributed by atoms with Crippen molar-refractivity contribution < 1.29 is 19.3 Å². The molecule has 1 saturated heterocycles. The Balaban J connectivity index is 1.87. The van der Waals surface area contributed by atoms with Crippen LogP contribution >= 0.6 is 0 Å². The molecule has 0 aliphatic carbocycles. The molecule has 0 bridgehead atoms. The molecule has 0 saturated carbocycles. The van der Waals surface area contributed by atoms with E-state index in [9.17, 15) is 5.11 Å². The Morgan fingerprint density at radius 3 is 2.80 bits per heavy atom. The minimum absolute atomic E-state index is 0.129. The van der Waals surface area contributed by atoms with Crippen molar-refractivity contribution in [3.05, 3.63) is 23.8 Å². The van der Waals surface area contributed by atoms with E-state index in [1.807, 2.05) is 18.2 Å². The molecule has 1 aromatic rings. The zero-order valence-corrected chi connectivity index (χ0v) is 11.9. The second-order valence-electron chi connectivity index (χ2n) is 5.60. The highest BCUT2D eigenvalue weighted by molar-refractivity contribution is 5.45. The third-order valence-electron chi connectivity index (χ3n) is 4.17. The van der Waals surface area contributed by atoms with Gasteiger partial charge in [0.2, 0.25) is 0 Å². The topological polar surface area (TPSA) is 47.9 Å². The number of ether oxygens (including phenoxy) is 3. The maximum Gasteiger partial charge on any atom is 0.161 e. The van der Waals surface area contributed by atoms with Crippen LogP contribution in [0.5, 0.6) is 11.5 Å². The highest BCUT2D eigenvalue weighted by atomic mass is 16.5. The van der Waals surface area contributed by atoms with Crippen LogP contribution < -0.4 is 9.47 Å². The highest BCUT2D eigenvalue weighted by Crippen LogP contribution is 2.40. The van der Waals surface area contributed by atoms with Crippen molar-refractivity contribution in [1.29, 1.82) is 0 Å². The fourth-order valence-corrected chi connectivity index (χ4v) is 2.91. The molecule has 0 spiro atoms. The lowest BCUT2D eigenvalue weighted by Gasteiger charge is -2.37. The van der Waals surface area contributed by atoms with Gasteiger partial charge in [-0.25, -0.2) is 0 Å². The Bertz CT molecular complexity index is 474. The van der Waals surface area contributed by atoms with Crippen molar-refractivity contribution in [1.82, 2.24) is 0 Å². The molecular formula is C16H22O4. The quantitative estimate of drug-likeness (QED) is 0.903. The molecule has 1 aromatic carbocycles. The number of hydrogen-bond acceptors (Lipinski definition) is 4. The van der Waals surface area contributed by atoms with Gasteiger partial charge < -0.3 is 19.3 Å². The molecule has 0 radical (unpaired) electrons. The summed E-state index contributed by atoms with van der Waals surface area (Å²) in [5.41, 5.74) is 0.0902. The molecule has 4 heteroatoms. The Kier molecular flexibility index (Phi) is 3.85. The zero-order chi connectivity index (χ0) is 14.0. The molecule has 2 unspecified atom stereocenters. The van der Waals surface area contributed by atoms with Crippen LogP contribution in [0.25, 0.3) is 0 Å². The molecule has 0 aromatic heterocycles. The van der Waals surface area contributed by atoms with Crippen molar-refractivity contribution in [2.75, 3.05) is 19.8 Å². The molecular weight excluding hydrogens is 256 g/mol. The molecule has 0 amide bonds. The minimum atomic E-state index is -0.816. The van der Waals surface area contributed by atoms with Crippen molar-refractivity contribution in [3.63, 3.8) is 0 Å². The van der Waals surface area contributed by atoms with Gasteiger partial charge in [-0.2, -0.15) is 0 Å². The molecule has 4 nitrogen and oxygen atoms in total. The molecule has 110 valence electrons. The second kappa shape index (κ2) is 5.62. The molecule has 2 heterocycles. The summed E-state index contributed by atoms with van der Waals surface area (Å²) < 4.78 is 17.0. The predicted octanol–water partition coefficient (Wildman–Crippen LogP) is 2.62. The molecule has 20 heavy (non-hydrogen) atoms. The van der Waals surface area contributed by atoms with Gasteiger partial charge in [0.25, 0.3) is 0 Å². The van der Waals surface area contributed by atoms with Gasteiger partial charge in [-0.1, -0.05) is 13.0 Å². The van der Waals surface area contributed by atoms with E-state index >= 15 is 0 Å². The third kappa shape index (κ3) is 2.63. The van der Waals surface area contributed by atoms with Crippen LogP contribution in [0.4, 0.5) is 0 Å². The molecule has 2 aliphatic heterocycles. The SMILES string of the molecule is CCC1CC(O)(c2ccc3c(c2)OCCCO3)CCO1. The van der Waals surface area contributed by atoms with E-state index in [4.69, 9.17) is 14.2 Å². The molecule has 3 rings (SSSR count). The van der Waals surface area contributed by atoms with Gasteiger partial charge in [-0.15, -0.1) is 0 Å². The van der Waals surface area contributed by atoms with Crippen LogP contribution in [0, 0.1) is 0 Å². The summed E-state index contributed by atoms with van der Waals surface area (Å²) in [6.07, 6.45) is 3.21. The van der Waals surface area contributed by atoms with E-state index in [1.165, 1.54) is 0 Å². The average Bonchev–Trinajstić information content (AvgIpc) is 2.71. The van der Waals surface area contributed by atoms with Gasteiger partial charge in [0.15, 0.2) is 11.5 Å². The summed E-state index contributed by atoms with van der Waals surface area (Å²) in [6.45, 7) is 4.03. The maximum absolute atomic E-state index is 10.9. The molecule has 1 N–H and O–H groups in total. The Labute approximate surface area is 119 Å². The standard InChI is InChI=1S/C16H22O4/c1-2-13-11-16(17,6-9-18-13)12-4-5-14-15(10-12)20-8-3-7-19-14/h4-5,10,13,17H,2-3,6-9,11H2,1H3. The Morgan fingerprint density at radius 1 is 1.20 bits per heavy atom. The van der Waals surface area contributed by atoms with Crippen molar-refractivity contribution >= 4 is 0 Å². The van der Waals surface area contributed by atoms with E-state index in [1.54, 1.807) is 0 Å². The summed E-state index contributed by atoms with van der Waals surface area (Å²) in [6, 6.07) is 5.79. The predicted molar refractivity (Wildman–Crippen MR) is 75.2 cm³/mol. The van der Waals surface area contributed by atoms with Gasteiger partial charge in [-0.05, 0) is 24.1 Å². The Morgan fingerprint density at radius 2 is 2.00 bits per heavy atom. The summed E-state index contributed by atoms with van der Waals surface area (Å²) in [7, 11) is 0. The summed E-state index contributed by atoms with van der Waals surface area (Å²) in [4.78, 5) is 0. The fourth-order valence-electron chi connectivity index (χ4n) is 2.91. The van der Waals surface area contributed by atoms with E-state index in [-0.39, 0.29) is 6.10 Å². The fraction of sp³-hybridized carbons (Fsp3) is 0.625. The second-order valence-corrected chi connectivity index (χ2v) is 5.60. The van der Waals surface area contributed by atoms with Gasteiger partial charge in [0, 0.05) is 19.3 Å². The minimum Gasteiger partial charge on any atom is -0.490 e. The number of aliphatic hydroxyl groups is 1. The van der Waals surface area contributed by atoms with Crippen molar-refractivity contribution in [3.8, 4) is 11.5 Å². The number of rotatable bonds is 2. The first-order valence-electron chi connectivity index (χ1n) is 7.45. The Hall–Kier alpha value is -1.26. The summed E-state index contributed by atoms with van der Waals surface area (Å²) >= 11 is 0. The highest BCUT2D eigenvalue weighted by Gasteiger charge is 2.36. The van der Waals surface area contributed by atoms with Crippen LogP contribution in [-0.4, -0.2) is 31.0 Å². The van der Waals surface area contributed by atoms with Gasteiger partial charge >= 0.3 is 0 Å². The zero-order valence-electron chi connectivity index (χ0n) is 11.9. The van der Waals surface area contributed by atoms with E-state index < -0.39 is 5.60 Å². The van der Waals surface area contributed by atoms with Crippen molar-refractivity contribution in [2.45, 2.75) is 44.3 Å². The van der Waals surface area contributed by atoms with Crippen LogP contribution in [0.15, 0.2) is 18.2 Å². The summed E-state index contributed by atoms with van der Waals surface area (Å²) in [5.74, 6) is 1.52. The molecule has 2 aliphatic rings. The third-order valence-corrected chi connectivity index (χ3v) is 4.17. The van der Waals surface area contributed by atoms with E-state index in [0.29, 0.717) is 32.7 Å². The van der Waals surface area contributed by atoms with Crippen LogP contribution in [0.3, 0.4) is 0 Å². The average molecular weight is 278 g/mol. The first-order valence-corrected chi connectivity index (χ1v) is 7.45. The number of fused-ring (bicyclic) bond motifs is 1. The normalized spacial score (nSPS) is 29.8. The lowest BCUT2D eigenvalue weighted by atomic mass is 9.83. The monoisotopic (exact) mass is 278 g/mol. The first kappa shape index (κ1) is 13.7. The van der Waals surface area contributed by atoms with Crippen LogP contribution in [-0.2, 0) is 10.3 Å². The van der Waals surface area contributed by atoms with Gasteiger partial charge in [0.1, 0.15) is 0 Å². The lowest BCUT2D eigenvalue weighted by Crippen LogP contribution is -2.38. The number of benzene rings is 1. The molecule has 2 atom stereocenters. The van der Waals surface area contributed by atoms with Crippen molar-refractivity contribution in [2.24, 2.45) is 0 Å². The summed E-state index contributed by atoms with van der Waals surface area (Å²) in [5, 5.41) is 10.9. The first-order chi connectivity index (χ1) is 9.71. The maximum atomic E-state index is 10.9.